The van der Waals surface area contributed by atoms with Gasteiger partial charge in [0.05, 0.1) is 11.6 Å². The van der Waals surface area contributed by atoms with Gasteiger partial charge >= 0.3 is 0 Å². The second-order valence-electron chi connectivity index (χ2n) is 5.19. The van der Waals surface area contributed by atoms with E-state index in [1.165, 1.54) is 0 Å². The zero-order chi connectivity index (χ0) is 11.6. The van der Waals surface area contributed by atoms with Crippen LogP contribution in [0.25, 0.3) is 0 Å². The summed E-state index contributed by atoms with van der Waals surface area (Å²) in [5.74, 6) is 0.396. The Morgan fingerprint density at radius 2 is 2.12 bits per heavy atom. The lowest BCUT2D eigenvalue weighted by Gasteiger charge is -2.32. The lowest BCUT2D eigenvalue weighted by Crippen LogP contribution is -2.53. The minimum Gasteiger partial charge on any atom is -0.376 e. The molecule has 92 valence electrons. The summed E-state index contributed by atoms with van der Waals surface area (Å²) in [6.45, 7) is 6.80. The van der Waals surface area contributed by atoms with Gasteiger partial charge in [-0.25, -0.2) is 0 Å². The molecule has 2 rings (SSSR count). The first-order chi connectivity index (χ1) is 7.62. The van der Waals surface area contributed by atoms with Crippen LogP contribution in [0.5, 0.6) is 0 Å². The number of carbonyl (C=O) groups is 1. The van der Waals surface area contributed by atoms with E-state index in [9.17, 15) is 4.79 Å². The third-order valence-electron chi connectivity index (χ3n) is 4.01. The largest absolute Gasteiger partial charge is 0.376 e. The zero-order valence-corrected chi connectivity index (χ0v) is 10.2. The van der Waals surface area contributed by atoms with Crippen LogP contribution < -0.4 is 10.6 Å². The lowest BCUT2D eigenvalue weighted by molar-refractivity contribution is -0.128. The van der Waals surface area contributed by atoms with Crippen LogP contribution in [-0.4, -0.2) is 37.2 Å². The van der Waals surface area contributed by atoms with E-state index in [4.69, 9.17) is 4.74 Å². The number of amides is 1. The van der Waals surface area contributed by atoms with Gasteiger partial charge in [-0.3, -0.25) is 4.79 Å². The summed E-state index contributed by atoms with van der Waals surface area (Å²) in [5, 5.41) is 6.46. The van der Waals surface area contributed by atoms with Crippen molar-refractivity contribution in [2.75, 3.05) is 19.7 Å². The summed E-state index contributed by atoms with van der Waals surface area (Å²) in [7, 11) is 0. The molecular weight excluding hydrogens is 204 g/mol. The SMILES string of the molecule is CC1OCCC1(C)NC(=O)C1CCNCC1. The topological polar surface area (TPSA) is 50.4 Å². The van der Waals surface area contributed by atoms with Gasteiger partial charge < -0.3 is 15.4 Å². The molecule has 4 heteroatoms. The molecule has 2 aliphatic heterocycles. The van der Waals surface area contributed by atoms with Gasteiger partial charge in [-0.15, -0.1) is 0 Å². The fourth-order valence-electron chi connectivity index (χ4n) is 2.47. The Balaban J connectivity index is 1.90. The van der Waals surface area contributed by atoms with E-state index in [1.807, 2.05) is 6.92 Å². The summed E-state index contributed by atoms with van der Waals surface area (Å²) < 4.78 is 5.53. The highest BCUT2D eigenvalue weighted by atomic mass is 16.5. The van der Waals surface area contributed by atoms with Crippen molar-refractivity contribution in [1.82, 2.24) is 10.6 Å². The molecule has 0 aliphatic carbocycles. The molecule has 2 atom stereocenters. The fourth-order valence-corrected chi connectivity index (χ4v) is 2.47. The van der Waals surface area contributed by atoms with E-state index in [0.717, 1.165) is 39.0 Å². The van der Waals surface area contributed by atoms with Gasteiger partial charge in [-0.05, 0) is 46.2 Å². The molecule has 4 nitrogen and oxygen atoms in total. The van der Waals surface area contributed by atoms with Gasteiger partial charge in [0.1, 0.15) is 0 Å². The fraction of sp³-hybridized carbons (Fsp3) is 0.917. The zero-order valence-electron chi connectivity index (χ0n) is 10.2. The Hall–Kier alpha value is -0.610. The van der Waals surface area contributed by atoms with Crippen LogP contribution >= 0.6 is 0 Å². The van der Waals surface area contributed by atoms with Gasteiger partial charge in [0.15, 0.2) is 0 Å². The molecule has 0 saturated carbocycles. The number of rotatable bonds is 2. The van der Waals surface area contributed by atoms with Crippen molar-refractivity contribution < 1.29 is 9.53 Å². The molecule has 2 heterocycles. The van der Waals surface area contributed by atoms with Gasteiger partial charge in [-0.1, -0.05) is 0 Å². The summed E-state index contributed by atoms with van der Waals surface area (Å²) in [4.78, 5) is 12.1. The molecule has 2 N–H and O–H groups in total. The molecule has 0 aromatic rings. The first kappa shape index (κ1) is 11.9. The Labute approximate surface area is 97.1 Å². The van der Waals surface area contributed by atoms with E-state index < -0.39 is 0 Å². The molecular formula is C12H22N2O2. The minimum atomic E-state index is -0.165. The van der Waals surface area contributed by atoms with Crippen molar-refractivity contribution >= 4 is 5.91 Å². The lowest BCUT2D eigenvalue weighted by atomic mass is 9.91. The van der Waals surface area contributed by atoms with Crippen molar-refractivity contribution in [3.63, 3.8) is 0 Å². The highest BCUT2D eigenvalue weighted by Crippen LogP contribution is 2.26. The van der Waals surface area contributed by atoms with Crippen LogP contribution in [-0.2, 0) is 9.53 Å². The second kappa shape index (κ2) is 4.72. The summed E-state index contributed by atoms with van der Waals surface area (Å²) in [5.41, 5.74) is -0.165. The van der Waals surface area contributed by atoms with Gasteiger partial charge in [0, 0.05) is 12.5 Å². The summed E-state index contributed by atoms with van der Waals surface area (Å²) in [6, 6.07) is 0. The van der Waals surface area contributed by atoms with Crippen molar-refractivity contribution in [2.24, 2.45) is 5.92 Å². The van der Waals surface area contributed by atoms with E-state index in [1.54, 1.807) is 0 Å². The first-order valence-corrected chi connectivity index (χ1v) is 6.26. The van der Waals surface area contributed by atoms with Crippen LogP contribution in [0.2, 0.25) is 0 Å². The third kappa shape index (κ3) is 2.38. The molecule has 2 saturated heterocycles. The van der Waals surface area contributed by atoms with Crippen LogP contribution in [0, 0.1) is 5.92 Å². The Morgan fingerprint density at radius 1 is 1.44 bits per heavy atom. The Morgan fingerprint density at radius 3 is 2.69 bits per heavy atom. The van der Waals surface area contributed by atoms with E-state index in [-0.39, 0.29) is 23.5 Å². The van der Waals surface area contributed by atoms with Gasteiger partial charge in [0.25, 0.3) is 0 Å². The number of hydrogen-bond donors (Lipinski definition) is 2. The average Bonchev–Trinajstić information content (AvgIpc) is 2.60. The predicted molar refractivity (Wildman–Crippen MR) is 62.2 cm³/mol. The maximum atomic E-state index is 12.1. The average molecular weight is 226 g/mol. The number of nitrogens with one attached hydrogen (secondary N) is 2. The van der Waals surface area contributed by atoms with Crippen LogP contribution in [0.1, 0.15) is 33.1 Å². The van der Waals surface area contributed by atoms with E-state index in [2.05, 4.69) is 17.6 Å². The molecule has 2 fully saturated rings. The van der Waals surface area contributed by atoms with Crippen LogP contribution in [0.3, 0.4) is 0 Å². The maximum absolute atomic E-state index is 12.1. The third-order valence-corrected chi connectivity index (χ3v) is 4.01. The van der Waals surface area contributed by atoms with E-state index in [0.29, 0.717) is 0 Å². The highest BCUT2D eigenvalue weighted by molar-refractivity contribution is 5.79. The molecule has 0 bridgehead atoms. The van der Waals surface area contributed by atoms with E-state index >= 15 is 0 Å². The first-order valence-electron chi connectivity index (χ1n) is 6.26. The van der Waals surface area contributed by atoms with Crippen LogP contribution in [0.4, 0.5) is 0 Å². The standard InChI is InChI=1S/C12H22N2O2/c1-9-12(2,5-8-16-9)14-11(15)10-3-6-13-7-4-10/h9-10,13H,3-8H2,1-2H3,(H,14,15). The minimum absolute atomic E-state index is 0.123. The maximum Gasteiger partial charge on any atom is 0.223 e. The highest BCUT2D eigenvalue weighted by Gasteiger charge is 2.39. The van der Waals surface area contributed by atoms with Crippen molar-refractivity contribution in [1.29, 1.82) is 0 Å². The number of piperidine rings is 1. The predicted octanol–water partition coefficient (Wildman–Crippen LogP) is 0.670. The molecule has 0 aromatic heterocycles. The molecule has 0 spiro atoms. The Bertz CT molecular complexity index is 264. The molecule has 2 aliphatic rings. The second-order valence-corrected chi connectivity index (χ2v) is 5.19. The number of hydrogen-bond acceptors (Lipinski definition) is 3. The normalized spacial score (nSPS) is 36.2. The molecule has 0 radical (unpaired) electrons. The van der Waals surface area contributed by atoms with Crippen LogP contribution in [0.15, 0.2) is 0 Å². The molecule has 0 aromatic carbocycles. The van der Waals surface area contributed by atoms with Crippen molar-refractivity contribution in [3.8, 4) is 0 Å². The Kier molecular flexibility index (Phi) is 3.50. The molecule has 2 unspecified atom stereocenters. The van der Waals surface area contributed by atoms with Gasteiger partial charge in [-0.2, -0.15) is 0 Å². The monoisotopic (exact) mass is 226 g/mol. The van der Waals surface area contributed by atoms with Crippen molar-refractivity contribution in [3.05, 3.63) is 0 Å². The number of ether oxygens (including phenoxy) is 1. The molecule has 1 amide bonds. The molecule has 16 heavy (non-hydrogen) atoms. The number of carbonyl (C=O) groups excluding carboxylic acids is 1. The smallest absolute Gasteiger partial charge is 0.223 e. The quantitative estimate of drug-likeness (QED) is 0.727. The van der Waals surface area contributed by atoms with Gasteiger partial charge in [0.2, 0.25) is 5.91 Å². The van der Waals surface area contributed by atoms with Crippen molar-refractivity contribution in [2.45, 2.75) is 44.8 Å². The summed E-state index contributed by atoms with van der Waals surface area (Å²) >= 11 is 0. The summed E-state index contributed by atoms with van der Waals surface area (Å²) in [6.07, 6.45) is 2.96.